The normalized spacial score (nSPS) is 12.8. The minimum Gasteiger partial charge on any atom is -0.463 e. The Bertz CT molecular complexity index is 776. The molecule has 0 aliphatic carbocycles. The lowest BCUT2D eigenvalue weighted by Gasteiger charge is -2.28. The number of carbonyl (C=O) groups is 3. The average molecular weight is 459 g/mol. The van der Waals surface area contributed by atoms with E-state index in [1.807, 2.05) is 30.3 Å². The molecule has 1 aromatic rings. The van der Waals surface area contributed by atoms with Crippen molar-refractivity contribution in [3.05, 3.63) is 61.2 Å². The summed E-state index contributed by atoms with van der Waals surface area (Å²) >= 11 is 0. The van der Waals surface area contributed by atoms with Gasteiger partial charge in [-0.15, -0.1) is 13.2 Å². The van der Waals surface area contributed by atoms with E-state index in [-0.39, 0.29) is 37.4 Å². The third kappa shape index (κ3) is 12.0. The molecule has 0 spiro atoms. The summed E-state index contributed by atoms with van der Waals surface area (Å²) in [7, 11) is 0. The van der Waals surface area contributed by atoms with Gasteiger partial charge in [0.15, 0.2) is 0 Å². The van der Waals surface area contributed by atoms with Crippen LogP contribution in [0.1, 0.15) is 51.5 Å². The lowest BCUT2D eigenvalue weighted by Crippen LogP contribution is -2.50. The van der Waals surface area contributed by atoms with E-state index in [2.05, 4.69) is 23.8 Å². The maximum atomic E-state index is 12.8. The Balaban J connectivity index is 2.60. The van der Waals surface area contributed by atoms with Gasteiger partial charge < -0.3 is 20.5 Å². The van der Waals surface area contributed by atoms with Crippen LogP contribution in [0, 0.1) is 5.92 Å². The number of hydrogen-bond donors (Lipinski definition) is 3. The summed E-state index contributed by atoms with van der Waals surface area (Å²) in [5.74, 6) is -1.59. The van der Waals surface area contributed by atoms with Crippen LogP contribution < -0.4 is 10.6 Å². The molecule has 0 heterocycles. The molecule has 3 N–H and O–H groups in total. The molecular formula is C26H38N2O5. The van der Waals surface area contributed by atoms with Crippen LogP contribution in [0.5, 0.6) is 0 Å². The first kappa shape index (κ1) is 28.1. The van der Waals surface area contributed by atoms with Gasteiger partial charge in [-0.25, -0.2) is 0 Å². The Morgan fingerprint density at radius 1 is 1.15 bits per heavy atom. The molecule has 0 saturated carbocycles. The highest BCUT2D eigenvalue weighted by Crippen LogP contribution is 2.14. The van der Waals surface area contributed by atoms with Crippen LogP contribution >= 0.6 is 0 Å². The van der Waals surface area contributed by atoms with E-state index in [1.165, 1.54) is 0 Å². The number of benzene rings is 1. The number of unbranched alkanes of at least 4 members (excludes halogenated alkanes) is 1. The Morgan fingerprint density at radius 2 is 1.85 bits per heavy atom. The van der Waals surface area contributed by atoms with Crippen molar-refractivity contribution in [3.63, 3.8) is 0 Å². The monoisotopic (exact) mass is 458 g/mol. The van der Waals surface area contributed by atoms with Crippen molar-refractivity contribution in [1.29, 1.82) is 0 Å². The zero-order chi connectivity index (χ0) is 24.7. The summed E-state index contributed by atoms with van der Waals surface area (Å²) in [6.45, 7) is 10.6. The average Bonchev–Trinajstić information content (AvgIpc) is 2.77. The SMILES string of the molecule is C=CCCCC(=O)OCC(C)(C)NC(=O)[C@H](CC=C)CC(=O)N[C@H](CO)Cc1ccccc1. The quantitative estimate of drug-likeness (QED) is 0.201. The Morgan fingerprint density at radius 3 is 2.45 bits per heavy atom. The van der Waals surface area contributed by atoms with Gasteiger partial charge in [0.25, 0.3) is 0 Å². The van der Waals surface area contributed by atoms with E-state index in [4.69, 9.17) is 4.74 Å². The van der Waals surface area contributed by atoms with Gasteiger partial charge in [-0.2, -0.15) is 0 Å². The smallest absolute Gasteiger partial charge is 0.305 e. The molecule has 7 heteroatoms. The molecule has 1 aromatic carbocycles. The Labute approximate surface area is 197 Å². The van der Waals surface area contributed by atoms with Crippen LogP contribution in [-0.4, -0.2) is 47.7 Å². The van der Waals surface area contributed by atoms with E-state index in [1.54, 1.807) is 26.0 Å². The van der Waals surface area contributed by atoms with Crippen LogP contribution in [0.3, 0.4) is 0 Å². The second-order valence-electron chi connectivity index (χ2n) is 8.78. The van der Waals surface area contributed by atoms with E-state index >= 15 is 0 Å². The lowest BCUT2D eigenvalue weighted by molar-refractivity contribution is -0.146. The highest BCUT2D eigenvalue weighted by Gasteiger charge is 2.28. The molecule has 0 saturated heterocycles. The molecule has 0 aromatic heterocycles. The topological polar surface area (TPSA) is 105 Å². The third-order valence-electron chi connectivity index (χ3n) is 5.01. The second kappa shape index (κ2) is 15.0. The standard InChI is InChI=1S/C26H38N2O5/c1-5-7-9-15-24(31)33-19-26(3,4)28-25(32)21(12-6-2)17-23(30)27-22(18-29)16-20-13-10-8-11-14-20/h5-6,8,10-11,13-14,21-22,29H,1-2,7,9,12,15-19H2,3-4H3,(H,27,30)(H,28,32)/t21-,22+/m1/s1. The molecule has 2 atom stereocenters. The van der Waals surface area contributed by atoms with E-state index in [9.17, 15) is 19.5 Å². The fourth-order valence-electron chi connectivity index (χ4n) is 3.25. The Kier molecular flexibility index (Phi) is 12.8. The summed E-state index contributed by atoms with van der Waals surface area (Å²) in [5, 5.41) is 15.3. The van der Waals surface area contributed by atoms with Gasteiger partial charge in [-0.3, -0.25) is 14.4 Å². The molecule has 2 amide bonds. The van der Waals surface area contributed by atoms with E-state index in [0.29, 0.717) is 25.7 Å². The van der Waals surface area contributed by atoms with Gasteiger partial charge >= 0.3 is 5.97 Å². The number of amides is 2. The summed E-state index contributed by atoms with van der Waals surface area (Å²) in [5.41, 5.74) is 0.209. The summed E-state index contributed by atoms with van der Waals surface area (Å²) < 4.78 is 5.28. The molecule has 0 radical (unpaired) electrons. The number of hydrogen-bond acceptors (Lipinski definition) is 5. The van der Waals surface area contributed by atoms with Crippen molar-refractivity contribution in [3.8, 4) is 0 Å². The number of ether oxygens (including phenoxy) is 1. The minimum atomic E-state index is -0.790. The fourth-order valence-corrected chi connectivity index (χ4v) is 3.25. The van der Waals surface area contributed by atoms with Gasteiger partial charge in [0.05, 0.1) is 24.1 Å². The largest absolute Gasteiger partial charge is 0.463 e. The van der Waals surface area contributed by atoms with Gasteiger partial charge in [-0.1, -0.05) is 42.5 Å². The molecule has 0 aliphatic rings. The molecule has 182 valence electrons. The van der Waals surface area contributed by atoms with Crippen LogP contribution in [-0.2, 0) is 25.5 Å². The fraction of sp³-hybridized carbons (Fsp3) is 0.500. The Hall–Kier alpha value is -2.93. The first-order valence-electron chi connectivity index (χ1n) is 11.3. The van der Waals surface area contributed by atoms with E-state index < -0.39 is 17.5 Å². The van der Waals surface area contributed by atoms with Gasteiger partial charge in [-0.05, 0) is 45.1 Å². The molecule has 0 unspecified atom stereocenters. The zero-order valence-electron chi connectivity index (χ0n) is 19.8. The predicted molar refractivity (Wildman–Crippen MR) is 129 cm³/mol. The number of nitrogens with one attached hydrogen (secondary N) is 2. The molecule has 0 bridgehead atoms. The van der Waals surface area contributed by atoms with Crippen molar-refractivity contribution in [2.75, 3.05) is 13.2 Å². The second-order valence-corrected chi connectivity index (χ2v) is 8.78. The number of carbonyl (C=O) groups excluding carboxylic acids is 3. The molecular weight excluding hydrogens is 420 g/mol. The summed E-state index contributed by atoms with van der Waals surface area (Å²) in [6, 6.07) is 9.12. The van der Waals surface area contributed by atoms with Gasteiger partial charge in [0.1, 0.15) is 6.61 Å². The van der Waals surface area contributed by atoms with Crippen LogP contribution in [0.2, 0.25) is 0 Å². The van der Waals surface area contributed by atoms with Gasteiger partial charge in [0.2, 0.25) is 11.8 Å². The molecule has 0 fully saturated rings. The van der Waals surface area contributed by atoms with Crippen LogP contribution in [0.4, 0.5) is 0 Å². The van der Waals surface area contributed by atoms with Crippen molar-refractivity contribution in [1.82, 2.24) is 10.6 Å². The molecule has 0 aliphatic heterocycles. The summed E-state index contributed by atoms with van der Waals surface area (Å²) in [4.78, 5) is 37.3. The first-order valence-corrected chi connectivity index (χ1v) is 11.3. The van der Waals surface area contributed by atoms with Crippen LogP contribution in [0.25, 0.3) is 0 Å². The van der Waals surface area contributed by atoms with Crippen molar-refractivity contribution < 1.29 is 24.2 Å². The highest BCUT2D eigenvalue weighted by atomic mass is 16.5. The van der Waals surface area contributed by atoms with Crippen LogP contribution in [0.15, 0.2) is 55.6 Å². The van der Waals surface area contributed by atoms with Crippen molar-refractivity contribution >= 4 is 17.8 Å². The number of rotatable bonds is 16. The molecule has 33 heavy (non-hydrogen) atoms. The van der Waals surface area contributed by atoms with Crippen molar-refractivity contribution in [2.24, 2.45) is 5.92 Å². The predicted octanol–water partition coefficient (Wildman–Crippen LogP) is 3.08. The molecule has 7 nitrogen and oxygen atoms in total. The third-order valence-corrected chi connectivity index (χ3v) is 5.01. The minimum absolute atomic E-state index is 0.0301. The number of aliphatic hydroxyl groups excluding tert-OH is 1. The zero-order valence-corrected chi connectivity index (χ0v) is 19.8. The number of allylic oxidation sites excluding steroid dienone is 2. The summed E-state index contributed by atoms with van der Waals surface area (Å²) in [6.07, 6.45) is 5.82. The molecule has 1 rings (SSSR count). The lowest BCUT2D eigenvalue weighted by atomic mass is 9.97. The number of esters is 1. The maximum absolute atomic E-state index is 12.8. The highest BCUT2D eigenvalue weighted by molar-refractivity contribution is 5.86. The first-order chi connectivity index (χ1) is 15.7. The number of aliphatic hydroxyl groups is 1. The maximum Gasteiger partial charge on any atom is 0.305 e. The van der Waals surface area contributed by atoms with Crippen molar-refractivity contribution in [2.45, 2.75) is 64.0 Å². The van der Waals surface area contributed by atoms with Gasteiger partial charge in [0, 0.05) is 12.8 Å². The van der Waals surface area contributed by atoms with E-state index in [0.717, 1.165) is 12.0 Å².